The predicted octanol–water partition coefficient (Wildman–Crippen LogP) is 2.03. The second kappa shape index (κ2) is 6.77. The maximum Gasteiger partial charge on any atom is 0.244 e. The van der Waals surface area contributed by atoms with Gasteiger partial charge in [0.2, 0.25) is 10.0 Å². The Morgan fingerprint density at radius 1 is 1.21 bits per heavy atom. The molecule has 1 aromatic rings. The van der Waals surface area contributed by atoms with E-state index in [2.05, 4.69) is 4.72 Å². The van der Waals surface area contributed by atoms with Crippen LogP contribution in [0.4, 0.5) is 0 Å². The van der Waals surface area contributed by atoms with Gasteiger partial charge in [-0.15, -0.1) is 0 Å². The third-order valence-corrected chi connectivity index (χ3v) is 4.17. The van der Waals surface area contributed by atoms with Crippen LogP contribution in [0.3, 0.4) is 0 Å². The number of hydrogen-bond acceptors (Lipinski definition) is 4. The quantitative estimate of drug-likeness (QED) is 0.833. The van der Waals surface area contributed by atoms with Gasteiger partial charge in [0.25, 0.3) is 0 Å². The lowest BCUT2D eigenvalue weighted by atomic mass is 10.1. The Morgan fingerprint density at radius 3 is 2.42 bits per heavy atom. The number of hydrogen-bond donors (Lipinski definition) is 1. The highest BCUT2D eigenvalue weighted by Crippen LogP contribution is 2.28. The fraction of sp³-hybridized carbons (Fsp3) is 0.538. The Balaban J connectivity index is 2.94. The van der Waals surface area contributed by atoms with Crippen LogP contribution in [0.15, 0.2) is 23.1 Å². The molecule has 0 radical (unpaired) electrons. The highest BCUT2D eigenvalue weighted by molar-refractivity contribution is 7.89. The van der Waals surface area contributed by atoms with Crippen LogP contribution < -0.4 is 14.2 Å². The van der Waals surface area contributed by atoms with E-state index in [1.54, 1.807) is 12.1 Å². The molecule has 0 saturated carbocycles. The van der Waals surface area contributed by atoms with Gasteiger partial charge in [0.15, 0.2) is 0 Å². The molecular formula is C13H21NO4S. The first-order valence-electron chi connectivity index (χ1n) is 6.12. The maximum atomic E-state index is 12.2. The van der Waals surface area contributed by atoms with Crippen molar-refractivity contribution in [2.75, 3.05) is 20.8 Å². The second-order valence-electron chi connectivity index (χ2n) is 4.60. The lowest BCUT2D eigenvalue weighted by Crippen LogP contribution is -2.26. The van der Waals surface area contributed by atoms with Crippen molar-refractivity contribution < 1.29 is 17.9 Å². The first-order chi connectivity index (χ1) is 8.90. The lowest BCUT2D eigenvalue weighted by molar-refractivity contribution is 0.386. The van der Waals surface area contributed by atoms with Gasteiger partial charge in [-0.05, 0) is 24.5 Å². The minimum absolute atomic E-state index is 0.125. The summed E-state index contributed by atoms with van der Waals surface area (Å²) < 4.78 is 37.0. The Hall–Kier alpha value is -1.27. The molecule has 0 atom stereocenters. The zero-order valence-corrected chi connectivity index (χ0v) is 12.6. The highest BCUT2D eigenvalue weighted by atomic mass is 32.2. The molecule has 5 nitrogen and oxygen atoms in total. The van der Waals surface area contributed by atoms with Crippen molar-refractivity contribution >= 4 is 10.0 Å². The zero-order valence-electron chi connectivity index (χ0n) is 11.8. The van der Waals surface area contributed by atoms with Crippen LogP contribution in [0.2, 0.25) is 0 Å². The molecule has 0 unspecified atom stereocenters. The van der Waals surface area contributed by atoms with Gasteiger partial charge < -0.3 is 9.47 Å². The summed E-state index contributed by atoms with van der Waals surface area (Å²) in [5.41, 5.74) is 0. The van der Waals surface area contributed by atoms with Gasteiger partial charge in [-0.25, -0.2) is 13.1 Å². The van der Waals surface area contributed by atoms with Crippen LogP contribution in [0, 0.1) is 5.92 Å². The van der Waals surface area contributed by atoms with E-state index in [0.717, 1.165) is 6.42 Å². The minimum Gasteiger partial charge on any atom is -0.497 e. The molecule has 0 aliphatic carbocycles. The molecule has 0 amide bonds. The molecule has 0 fully saturated rings. The standard InChI is InChI=1S/C13H21NO4S/c1-10(2)7-8-14-19(15,16)13-6-5-11(17-3)9-12(13)18-4/h5-6,9-10,14H,7-8H2,1-4H3. The van der Waals surface area contributed by atoms with Crippen LogP contribution in [0.25, 0.3) is 0 Å². The van der Waals surface area contributed by atoms with Gasteiger partial charge >= 0.3 is 0 Å². The van der Waals surface area contributed by atoms with E-state index in [4.69, 9.17) is 9.47 Å². The summed E-state index contributed by atoms with van der Waals surface area (Å²) in [4.78, 5) is 0.125. The summed E-state index contributed by atoms with van der Waals surface area (Å²) in [5, 5.41) is 0. The summed E-state index contributed by atoms with van der Waals surface area (Å²) in [6, 6.07) is 4.63. The Labute approximate surface area is 115 Å². The van der Waals surface area contributed by atoms with Gasteiger partial charge in [0.1, 0.15) is 16.4 Å². The lowest BCUT2D eigenvalue weighted by Gasteiger charge is -2.12. The Kier molecular flexibility index (Phi) is 5.62. The molecule has 0 aromatic heterocycles. The van der Waals surface area contributed by atoms with Crippen molar-refractivity contribution in [3.63, 3.8) is 0 Å². The average molecular weight is 287 g/mol. The molecule has 6 heteroatoms. The predicted molar refractivity (Wildman–Crippen MR) is 74.2 cm³/mol. The van der Waals surface area contributed by atoms with Crippen molar-refractivity contribution in [3.8, 4) is 11.5 Å². The van der Waals surface area contributed by atoms with E-state index < -0.39 is 10.0 Å². The number of rotatable bonds is 7. The monoisotopic (exact) mass is 287 g/mol. The van der Waals surface area contributed by atoms with Crippen molar-refractivity contribution in [2.24, 2.45) is 5.92 Å². The molecule has 0 heterocycles. The molecule has 1 aromatic carbocycles. The van der Waals surface area contributed by atoms with Gasteiger partial charge in [-0.2, -0.15) is 0 Å². The van der Waals surface area contributed by atoms with Crippen molar-refractivity contribution in [1.82, 2.24) is 4.72 Å². The summed E-state index contributed by atoms with van der Waals surface area (Å²) in [6.45, 7) is 4.50. The van der Waals surface area contributed by atoms with E-state index in [-0.39, 0.29) is 10.6 Å². The molecule has 108 valence electrons. The third kappa shape index (κ3) is 4.40. The average Bonchev–Trinajstić information content (AvgIpc) is 2.37. The van der Waals surface area contributed by atoms with Crippen LogP contribution in [-0.4, -0.2) is 29.2 Å². The van der Waals surface area contributed by atoms with Gasteiger partial charge in [0.05, 0.1) is 14.2 Å². The van der Waals surface area contributed by atoms with E-state index >= 15 is 0 Å². The second-order valence-corrected chi connectivity index (χ2v) is 6.33. The SMILES string of the molecule is COc1ccc(S(=O)(=O)NCCC(C)C)c(OC)c1. The minimum atomic E-state index is -3.55. The fourth-order valence-electron chi connectivity index (χ4n) is 1.56. The maximum absolute atomic E-state index is 12.2. The largest absolute Gasteiger partial charge is 0.497 e. The fourth-order valence-corrected chi connectivity index (χ4v) is 2.75. The summed E-state index contributed by atoms with van der Waals surface area (Å²) in [5.74, 6) is 1.27. The van der Waals surface area contributed by atoms with Gasteiger partial charge in [-0.3, -0.25) is 0 Å². The molecule has 19 heavy (non-hydrogen) atoms. The first-order valence-corrected chi connectivity index (χ1v) is 7.60. The van der Waals surface area contributed by atoms with Gasteiger partial charge in [0, 0.05) is 12.6 Å². The molecule has 0 aliphatic heterocycles. The van der Waals surface area contributed by atoms with Crippen LogP contribution in [0.1, 0.15) is 20.3 Å². The number of nitrogens with one attached hydrogen (secondary N) is 1. The molecule has 1 N–H and O–H groups in total. The molecule has 0 saturated heterocycles. The summed E-state index contributed by atoms with van der Waals surface area (Å²) >= 11 is 0. The molecule has 1 rings (SSSR count). The Morgan fingerprint density at radius 2 is 1.89 bits per heavy atom. The van der Waals surface area contributed by atoms with E-state index in [1.165, 1.54) is 20.3 Å². The smallest absolute Gasteiger partial charge is 0.244 e. The van der Waals surface area contributed by atoms with Crippen molar-refractivity contribution in [1.29, 1.82) is 0 Å². The van der Waals surface area contributed by atoms with Crippen LogP contribution >= 0.6 is 0 Å². The molecule has 0 aliphatic rings. The highest BCUT2D eigenvalue weighted by Gasteiger charge is 2.19. The molecule has 0 bridgehead atoms. The number of benzene rings is 1. The van der Waals surface area contributed by atoms with E-state index in [1.807, 2.05) is 13.8 Å². The van der Waals surface area contributed by atoms with Crippen LogP contribution in [0.5, 0.6) is 11.5 Å². The van der Waals surface area contributed by atoms with E-state index in [0.29, 0.717) is 18.2 Å². The number of ether oxygens (including phenoxy) is 2. The van der Waals surface area contributed by atoms with Crippen molar-refractivity contribution in [3.05, 3.63) is 18.2 Å². The molecule has 0 spiro atoms. The first kappa shape index (κ1) is 15.8. The normalized spacial score (nSPS) is 11.6. The third-order valence-electron chi connectivity index (χ3n) is 2.67. The topological polar surface area (TPSA) is 64.6 Å². The summed E-state index contributed by atoms with van der Waals surface area (Å²) in [6.07, 6.45) is 0.789. The Bertz CT molecular complexity index is 511. The number of sulfonamides is 1. The molecular weight excluding hydrogens is 266 g/mol. The number of methoxy groups -OCH3 is 2. The van der Waals surface area contributed by atoms with Crippen molar-refractivity contribution in [2.45, 2.75) is 25.2 Å². The van der Waals surface area contributed by atoms with E-state index in [9.17, 15) is 8.42 Å². The van der Waals surface area contributed by atoms with Crippen LogP contribution in [-0.2, 0) is 10.0 Å². The zero-order chi connectivity index (χ0) is 14.5. The van der Waals surface area contributed by atoms with Gasteiger partial charge in [-0.1, -0.05) is 13.8 Å². The summed E-state index contributed by atoms with van der Waals surface area (Å²) in [7, 11) is -0.604.